The molecular formula is C10H18N2O2. The van der Waals surface area contributed by atoms with E-state index in [1.54, 1.807) is 0 Å². The molecular weight excluding hydrogens is 180 g/mol. The lowest BCUT2D eigenvalue weighted by Crippen LogP contribution is -2.07. The maximum atomic E-state index is 10.6. The molecule has 0 fully saturated rings. The van der Waals surface area contributed by atoms with E-state index in [4.69, 9.17) is 10.3 Å². The van der Waals surface area contributed by atoms with Gasteiger partial charge in [0.25, 0.3) is 0 Å². The first-order valence-corrected chi connectivity index (χ1v) is 5.15. The van der Waals surface area contributed by atoms with Crippen LogP contribution in [0, 0.1) is 0 Å². The molecule has 0 atom stereocenters. The van der Waals surface area contributed by atoms with Gasteiger partial charge in [-0.1, -0.05) is 39.0 Å². The van der Waals surface area contributed by atoms with Crippen LogP contribution in [-0.4, -0.2) is 23.6 Å². The van der Waals surface area contributed by atoms with Crippen LogP contribution in [0.3, 0.4) is 0 Å². The van der Waals surface area contributed by atoms with Gasteiger partial charge in [-0.15, -0.1) is 0 Å². The molecule has 4 nitrogen and oxygen atoms in total. The van der Waals surface area contributed by atoms with E-state index >= 15 is 0 Å². The molecule has 0 aromatic rings. The highest BCUT2D eigenvalue weighted by molar-refractivity contribution is 6.20. The third kappa shape index (κ3) is 8.94. The second-order valence-electron chi connectivity index (χ2n) is 3.18. The molecule has 80 valence electrons. The van der Waals surface area contributed by atoms with Gasteiger partial charge in [-0.3, -0.25) is 0 Å². The molecule has 0 spiro atoms. The third-order valence-electron chi connectivity index (χ3n) is 1.91. The summed E-state index contributed by atoms with van der Waals surface area (Å²) in [4.78, 5) is 13.2. The number of esters is 1. The summed E-state index contributed by atoms with van der Waals surface area (Å²) in [5, 5.41) is 0. The summed E-state index contributed by atoms with van der Waals surface area (Å²) in [6, 6.07) is 0. The number of rotatable bonds is 8. The molecule has 0 aromatic heterocycles. The topological polar surface area (TPSA) is 62.7 Å². The van der Waals surface area contributed by atoms with Gasteiger partial charge in [0.15, 0.2) is 0 Å². The van der Waals surface area contributed by atoms with Crippen LogP contribution in [0.5, 0.6) is 0 Å². The summed E-state index contributed by atoms with van der Waals surface area (Å²) in [6.45, 7) is 2.59. The number of carbonyl (C=O) groups is 1. The summed E-state index contributed by atoms with van der Waals surface area (Å²) < 4.78 is 4.74. The highest BCUT2D eigenvalue weighted by atomic mass is 16.5. The van der Waals surface area contributed by atoms with Crippen molar-refractivity contribution < 1.29 is 14.3 Å². The quantitative estimate of drug-likeness (QED) is 0.197. The second-order valence-corrected chi connectivity index (χ2v) is 3.18. The summed E-state index contributed by atoms with van der Waals surface area (Å²) in [6.07, 6.45) is 7.69. The smallest absolute Gasteiger partial charge is 0.413 e. The van der Waals surface area contributed by atoms with Crippen LogP contribution in [0.15, 0.2) is 0 Å². The van der Waals surface area contributed by atoms with Crippen LogP contribution in [0.1, 0.15) is 45.4 Å². The largest absolute Gasteiger partial charge is 0.457 e. The average molecular weight is 198 g/mol. The first-order chi connectivity index (χ1) is 6.81. The standard InChI is InChI=1S/C10H18N2O2/c1-2-3-4-5-6-7-8-14-10(13)9-12-11/h9H,2-8H2,1H3. The fraction of sp³-hybridized carbons (Fsp3) is 0.800. The minimum absolute atomic E-state index is 0.414. The van der Waals surface area contributed by atoms with Gasteiger partial charge in [0.2, 0.25) is 0 Å². The van der Waals surface area contributed by atoms with Gasteiger partial charge in [0.1, 0.15) is 0 Å². The Morgan fingerprint density at radius 2 is 1.93 bits per heavy atom. The van der Waals surface area contributed by atoms with Gasteiger partial charge in [0.05, 0.1) is 6.61 Å². The molecule has 0 aliphatic rings. The van der Waals surface area contributed by atoms with E-state index in [1.807, 2.05) is 0 Å². The van der Waals surface area contributed by atoms with E-state index in [9.17, 15) is 4.79 Å². The Morgan fingerprint density at radius 1 is 1.29 bits per heavy atom. The van der Waals surface area contributed by atoms with Crippen LogP contribution in [-0.2, 0) is 9.53 Å². The van der Waals surface area contributed by atoms with Crippen molar-refractivity contribution >= 4 is 12.2 Å². The van der Waals surface area contributed by atoms with Crippen molar-refractivity contribution in [2.45, 2.75) is 45.4 Å². The van der Waals surface area contributed by atoms with Gasteiger partial charge < -0.3 is 10.3 Å². The molecule has 0 aliphatic heterocycles. The maximum Gasteiger partial charge on any atom is 0.413 e. The van der Waals surface area contributed by atoms with Crippen molar-refractivity contribution in [3.05, 3.63) is 5.53 Å². The van der Waals surface area contributed by atoms with Crippen LogP contribution in [0.4, 0.5) is 0 Å². The van der Waals surface area contributed by atoms with Gasteiger partial charge >= 0.3 is 12.2 Å². The van der Waals surface area contributed by atoms with Crippen molar-refractivity contribution in [1.29, 1.82) is 0 Å². The highest BCUT2D eigenvalue weighted by Crippen LogP contribution is 2.04. The first-order valence-electron chi connectivity index (χ1n) is 5.15. The molecule has 0 amide bonds. The predicted molar refractivity (Wildman–Crippen MR) is 54.0 cm³/mol. The Balaban J connectivity index is 3.13. The van der Waals surface area contributed by atoms with Crippen molar-refractivity contribution in [2.24, 2.45) is 0 Å². The summed E-state index contributed by atoms with van der Waals surface area (Å²) >= 11 is 0. The summed E-state index contributed by atoms with van der Waals surface area (Å²) in [5.41, 5.74) is 8.01. The Labute approximate surface area is 84.9 Å². The van der Waals surface area contributed by atoms with Crippen molar-refractivity contribution in [3.63, 3.8) is 0 Å². The molecule has 0 bridgehead atoms. The van der Waals surface area contributed by atoms with Gasteiger partial charge in [0, 0.05) is 0 Å². The first kappa shape index (κ1) is 12.8. The average Bonchev–Trinajstić information content (AvgIpc) is 2.17. The molecule has 0 aliphatic carbocycles. The second kappa shape index (κ2) is 9.93. The zero-order chi connectivity index (χ0) is 10.6. The van der Waals surface area contributed by atoms with Crippen LogP contribution >= 0.6 is 0 Å². The number of ether oxygens (including phenoxy) is 1. The molecule has 4 heteroatoms. The minimum atomic E-state index is -0.582. The van der Waals surface area contributed by atoms with Crippen LogP contribution in [0.25, 0.3) is 5.53 Å². The summed E-state index contributed by atoms with van der Waals surface area (Å²) in [5.74, 6) is -0.582. The number of hydrogen-bond donors (Lipinski definition) is 0. The fourth-order valence-corrected chi connectivity index (χ4v) is 1.14. The highest BCUT2D eigenvalue weighted by Gasteiger charge is 2.01. The van der Waals surface area contributed by atoms with E-state index in [0.717, 1.165) is 19.1 Å². The Kier molecular flexibility index (Phi) is 9.12. The SMILES string of the molecule is CCCCCCCCOC(=O)C=[N+]=[N-]. The number of carbonyl (C=O) groups excluding carboxylic acids is 1. The van der Waals surface area contributed by atoms with Crippen LogP contribution in [0.2, 0.25) is 0 Å². The summed E-state index contributed by atoms with van der Waals surface area (Å²) in [7, 11) is 0. The zero-order valence-electron chi connectivity index (χ0n) is 8.74. The van der Waals surface area contributed by atoms with Gasteiger partial charge in [-0.2, -0.15) is 4.79 Å². The number of hydrogen-bond acceptors (Lipinski definition) is 2. The molecule has 0 radical (unpaired) electrons. The molecule has 0 saturated carbocycles. The van der Waals surface area contributed by atoms with E-state index in [1.165, 1.54) is 25.7 Å². The predicted octanol–water partition coefficient (Wildman–Crippen LogP) is 2.19. The molecule has 0 unspecified atom stereocenters. The molecule has 0 rings (SSSR count). The monoisotopic (exact) mass is 198 g/mol. The van der Waals surface area contributed by atoms with E-state index in [2.05, 4.69) is 11.7 Å². The van der Waals surface area contributed by atoms with E-state index in [-0.39, 0.29) is 0 Å². The lowest BCUT2D eigenvalue weighted by Gasteiger charge is -2.00. The molecule has 14 heavy (non-hydrogen) atoms. The molecule has 0 heterocycles. The Bertz CT molecular complexity index is 198. The maximum absolute atomic E-state index is 10.6. The third-order valence-corrected chi connectivity index (χ3v) is 1.91. The molecule has 0 N–H and O–H groups in total. The lowest BCUT2D eigenvalue weighted by molar-refractivity contribution is -0.139. The van der Waals surface area contributed by atoms with Gasteiger partial charge in [-0.25, -0.2) is 4.79 Å². The number of unbranched alkanes of at least 4 members (excludes halogenated alkanes) is 5. The van der Waals surface area contributed by atoms with Crippen molar-refractivity contribution in [1.82, 2.24) is 0 Å². The number of nitrogens with zero attached hydrogens (tertiary/aromatic N) is 2. The van der Waals surface area contributed by atoms with E-state index < -0.39 is 5.97 Å². The fourth-order valence-electron chi connectivity index (χ4n) is 1.14. The van der Waals surface area contributed by atoms with Crippen LogP contribution < -0.4 is 0 Å². The van der Waals surface area contributed by atoms with Gasteiger partial charge in [-0.05, 0) is 6.42 Å². The van der Waals surface area contributed by atoms with E-state index in [0.29, 0.717) is 6.61 Å². The van der Waals surface area contributed by atoms with Crippen molar-refractivity contribution in [2.75, 3.05) is 6.61 Å². The molecule has 0 aromatic carbocycles. The Morgan fingerprint density at radius 3 is 2.57 bits per heavy atom. The lowest BCUT2D eigenvalue weighted by atomic mass is 10.1. The van der Waals surface area contributed by atoms with Crippen molar-refractivity contribution in [3.8, 4) is 0 Å². The normalized spacial score (nSPS) is 9.21. The zero-order valence-corrected chi connectivity index (χ0v) is 8.74. The minimum Gasteiger partial charge on any atom is -0.457 e. The Hall–Kier alpha value is -1.15. The molecule has 0 saturated heterocycles.